The van der Waals surface area contributed by atoms with Gasteiger partial charge in [-0.05, 0) is 24.9 Å². The minimum Gasteiger partial charge on any atom is -0.329 e. The van der Waals surface area contributed by atoms with Crippen LogP contribution in [0.4, 0.5) is 0 Å². The number of nitrogens with two attached hydrogens (primary N) is 1. The zero-order valence-electron chi connectivity index (χ0n) is 12.3. The number of nitrogens with zero attached hydrogens (tertiary/aromatic N) is 1. The maximum Gasteiger partial charge on any atom is 0.0335 e. The molecule has 2 heteroatoms. The van der Waals surface area contributed by atoms with Crippen LogP contribution < -0.4 is 5.73 Å². The Morgan fingerprint density at radius 3 is 2.21 bits per heavy atom. The predicted molar refractivity (Wildman–Crippen MR) is 82.0 cm³/mol. The van der Waals surface area contributed by atoms with E-state index in [0.717, 1.165) is 19.6 Å². The highest BCUT2D eigenvalue weighted by molar-refractivity contribution is 5.15. The van der Waals surface area contributed by atoms with Crippen molar-refractivity contribution in [1.29, 1.82) is 0 Å². The van der Waals surface area contributed by atoms with E-state index < -0.39 is 0 Å². The minimum atomic E-state index is 0.237. The molecule has 0 spiro atoms. The van der Waals surface area contributed by atoms with Crippen LogP contribution in [0.15, 0.2) is 30.3 Å². The van der Waals surface area contributed by atoms with Crippen molar-refractivity contribution in [3.63, 3.8) is 0 Å². The molecule has 1 aromatic carbocycles. The molecule has 0 radical (unpaired) electrons. The number of rotatable bonds is 5. The van der Waals surface area contributed by atoms with E-state index in [-0.39, 0.29) is 5.54 Å². The van der Waals surface area contributed by atoms with E-state index in [4.69, 9.17) is 5.73 Å². The molecule has 0 aromatic heterocycles. The Kier molecular flexibility index (Phi) is 5.41. The molecule has 1 saturated carbocycles. The third-order valence-corrected chi connectivity index (χ3v) is 4.68. The van der Waals surface area contributed by atoms with Gasteiger partial charge in [0.1, 0.15) is 0 Å². The normalized spacial score (nSPS) is 19.3. The zero-order valence-corrected chi connectivity index (χ0v) is 12.3. The van der Waals surface area contributed by atoms with Gasteiger partial charge in [-0.15, -0.1) is 0 Å². The van der Waals surface area contributed by atoms with Crippen LogP contribution in [0.1, 0.15) is 51.0 Å². The molecule has 0 unspecified atom stereocenters. The molecule has 1 aliphatic carbocycles. The Morgan fingerprint density at radius 1 is 1.05 bits per heavy atom. The monoisotopic (exact) mass is 260 g/mol. The Labute approximate surface area is 118 Å². The highest BCUT2D eigenvalue weighted by Gasteiger charge is 2.34. The predicted octanol–water partition coefficient (Wildman–Crippen LogP) is 3.56. The fraction of sp³-hybridized carbons (Fsp3) is 0.647. The number of likely N-dealkylation sites (N-methyl/N-ethyl adjacent to an activating group) is 1. The van der Waals surface area contributed by atoms with Crippen LogP contribution in [0, 0.1) is 0 Å². The van der Waals surface area contributed by atoms with Gasteiger partial charge in [-0.2, -0.15) is 0 Å². The van der Waals surface area contributed by atoms with Crippen LogP contribution >= 0.6 is 0 Å². The van der Waals surface area contributed by atoms with Gasteiger partial charge in [0.2, 0.25) is 0 Å². The molecular weight excluding hydrogens is 232 g/mol. The zero-order chi connectivity index (χ0) is 13.6. The molecule has 1 aromatic rings. The summed E-state index contributed by atoms with van der Waals surface area (Å²) >= 11 is 0. The van der Waals surface area contributed by atoms with Gasteiger partial charge in [0.25, 0.3) is 0 Å². The molecule has 1 aliphatic rings. The lowest BCUT2D eigenvalue weighted by Gasteiger charge is -2.43. The number of hydrogen-bond donors (Lipinski definition) is 1. The lowest BCUT2D eigenvalue weighted by molar-refractivity contribution is 0.0756. The summed E-state index contributed by atoms with van der Waals surface area (Å²) in [6.45, 7) is 5.19. The SMILES string of the molecule is CCN(Cc1ccccc1)C1(CN)CCCCCC1. The van der Waals surface area contributed by atoms with Crippen LogP contribution in [-0.2, 0) is 6.54 Å². The molecule has 2 nitrogen and oxygen atoms in total. The topological polar surface area (TPSA) is 29.3 Å². The van der Waals surface area contributed by atoms with Gasteiger partial charge in [-0.1, -0.05) is 62.9 Å². The van der Waals surface area contributed by atoms with Crippen LogP contribution in [0.2, 0.25) is 0 Å². The maximum absolute atomic E-state index is 6.20. The first-order chi connectivity index (χ1) is 9.30. The summed E-state index contributed by atoms with van der Waals surface area (Å²) in [6, 6.07) is 10.8. The first-order valence-corrected chi connectivity index (χ1v) is 7.80. The molecule has 0 aliphatic heterocycles. The molecule has 0 bridgehead atoms. The van der Waals surface area contributed by atoms with Gasteiger partial charge in [0.15, 0.2) is 0 Å². The van der Waals surface area contributed by atoms with E-state index in [2.05, 4.69) is 42.2 Å². The van der Waals surface area contributed by atoms with Gasteiger partial charge >= 0.3 is 0 Å². The molecule has 0 atom stereocenters. The van der Waals surface area contributed by atoms with Crippen molar-refractivity contribution in [2.24, 2.45) is 5.73 Å². The molecule has 0 saturated heterocycles. The van der Waals surface area contributed by atoms with Crippen molar-refractivity contribution >= 4 is 0 Å². The lowest BCUT2D eigenvalue weighted by atomic mass is 9.87. The average Bonchev–Trinajstić information content (AvgIpc) is 2.72. The molecule has 19 heavy (non-hydrogen) atoms. The van der Waals surface area contributed by atoms with Crippen molar-refractivity contribution in [2.75, 3.05) is 13.1 Å². The summed E-state index contributed by atoms with van der Waals surface area (Å²) in [7, 11) is 0. The van der Waals surface area contributed by atoms with Crippen LogP contribution in [0.25, 0.3) is 0 Å². The van der Waals surface area contributed by atoms with Gasteiger partial charge in [0, 0.05) is 18.6 Å². The van der Waals surface area contributed by atoms with Crippen molar-refractivity contribution < 1.29 is 0 Å². The Morgan fingerprint density at radius 2 is 1.68 bits per heavy atom. The van der Waals surface area contributed by atoms with Crippen molar-refractivity contribution in [1.82, 2.24) is 4.90 Å². The average molecular weight is 260 g/mol. The third-order valence-electron chi connectivity index (χ3n) is 4.68. The summed E-state index contributed by atoms with van der Waals surface area (Å²) in [4.78, 5) is 2.62. The van der Waals surface area contributed by atoms with E-state index in [9.17, 15) is 0 Å². The molecule has 1 fully saturated rings. The van der Waals surface area contributed by atoms with Gasteiger partial charge < -0.3 is 5.73 Å². The van der Waals surface area contributed by atoms with E-state index in [1.165, 1.54) is 44.1 Å². The second kappa shape index (κ2) is 7.06. The van der Waals surface area contributed by atoms with Crippen LogP contribution in [0.3, 0.4) is 0 Å². The molecule has 2 N–H and O–H groups in total. The Bertz CT molecular complexity index is 353. The molecule has 2 rings (SSSR count). The third kappa shape index (κ3) is 3.58. The minimum absolute atomic E-state index is 0.237. The van der Waals surface area contributed by atoms with Crippen molar-refractivity contribution in [2.45, 2.75) is 57.5 Å². The standard InChI is InChI=1S/C17H28N2/c1-2-19(14-16-10-6-5-7-11-16)17(15-18)12-8-3-4-9-13-17/h5-7,10-11H,2-4,8-9,12-15,18H2,1H3. The van der Waals surface area contributed by atoms with E-state index in [0.29, 0.717) is 0 Å². The van der Waals surface area contributed by atoms with E-state index >= 15 is 0 Å². The fourth-order valence-electron chi connectivity index (χ4n) is 3.45. The summed E-state index contributed by atoms with van der Waals surface area (Å²) < 4.78 is 0. The van der Waals surface area contributed by atoms with Gasteiger partial charge in [-0.3, -0.25) is 4.90 Å². The van der Waals surface area contributed by atoms with Crippen molar-refractivity contribution in [3.05, 3.63) is 35.9 Å². The smallest absolute Gasteiger partial charge is 0.0335 e. The maximum atomic E-state index is 6.20. The summed E-state index contributed by atoms with van der Waals surface area (Å²) in [5, 5.41) is 0. The first-order valence-electron chi connectivity index (χ1n) is 7.80. The summed E-state index contributed by atoms with van der Waals surface area (Å²) in [5.74, 6) is 0. The van der Waals surface area contributed by atoms with Gasteiger partial charge in [-0.25, -0.2) is 0 Å². The first kappa shape index (κ1) is 14.5. The fourth-order valence-corrected chi connectivity index (χ4v) is 3.45. The highest BCUT2D eigenvalue weighted by atomic mass is 15.2. The van der Waals surface area contributed by atoms with Gasteiger partial charge in [0.05, 0.1) is 0 Å². The largest absolute Gasteiger partial charge is 0.329 e. The second-order valence-corrected chi connectivity index (χ2v) is 5.84. The Hall–Kier alpha value is -0.860. The quantitative estimate of drug-likeness (QED) is 0.820. The van der Waals surface area contributed by atoms with E-state index in [1.54, 1.807) is 0 Å². The summed E-state index contributed by atoms with van der Waals surface area (Å²) in [5.41, 5.74) is 7.84. The highest BCUT2D eigenvalue weighted by Crippen LogP contribution is 2.32. The molecular formula is C17H28N2. The molecule has 0 amide bonds. The molecule has 0 heterocycles. The van der Waals surface area contributed by atoms with Crippen LogP contribution in [-0.4, -0.2) is 23.5 Å². The molecule has 106 valence electrons. The number of benzene rings is 1. The second-order valence-electron chi connectivity index (χ2n) is 5.84. The Balaban J connectivity index is 2.13. The van der Waals surface area contributed by atoms with Crippen molar-refractivity contribution in [3.8, 4) is 0 Å². The number of hydrogen-bond acceptors (Lipinski definition) is 2. The summed E-state index contributed by atoms with van der Waals surface area (Å²) in [6.07, 6.45) is 7.97. The lowest BCUT2D eigenvalue weighted by Crippen LogP contribution is -2.53. The van der Waals surface area contributed by atoms with Crippen LogP contribution in [0.5, 0.6) is 0 Å². The van der Waals surface area contributed by atoms with E-state index in [1.807, 2.05) is 0 Å².